The second kappa shape index (κ2) is 13.3. The van der Waals surface area contributed by atoms with Gasteiger partial charge in [-0.15, -0.1) is 0 Å². The number of carbonyl (C=O) groups is 2. The fourth-order valence-electron chi connectivity index (χ4n) is 8.45. The lowest BCUT2D eigenvalue weighted by Crippen LogP contribution is -2.48. The molecule has 0 spiro atoms. The number of aromatic hydroxyl groups is 1. The third kappa shape index (κ3) is 6.42. The van der Waals surface area contributed by atoms with Crippen molar-refractivity contribution < 1.29 is 24.4 Å². The van der Waals surface area contributed by atoms with E-state index in [-0.39, 0.29) is 35.8 Å². The average Bonchev–Trinajstić information content (AvgIpc) is 3.28. The number of rotatable bonds is 8. The van der Waals surface area contributed by atoms with Crippen LogP contribution in [0.4, 0.5) is 0 Å². The van der Waals surface area contributed by atoms with Crippen LogP contribution in [0, 0.1) is 31.6 Å². The van der Waals surface area contributed by atoms with Crippen LogP contribution in [0.5, 0.6) is 5.75 Å². The molecule has 0 saturated carbocycles. The molecule has 0 radical (unpaired) electrons. The van der Waals surface area contributed by atoms with E-state index in [1.165, 1.54) is 16.7 Å². The Kier molecular flexibility index (Phi) is 9.37. The average molecular weight is 611 g/mol. The van der Waals surface area contributed by atoms with Crippen molar-refractivity contribution in [3.05, 3.63) is 81.4 Å². The van der Waals surface area contributed by atoms with Crippen molar-refractivity contribution in [2.75, 3.05) is 13.1 Å². The first kappa shape index (κ1) is 31.8. The molecular formula is C37H47BN2O5. The number of phenols is 1. The Labute approximate surface area is 268 Å². The molecular weight excluding hydrogens is 563 g/mol. The number of amides is 2. The number of hydrogen-bond acceptors (Lipinski definition) is 6. The maximum Gasteiger partial charge on any atom is 0.455 e. The lowest BCUT2D eigenvalue weighted by atomic mass is 9.58. The van der Waals surface area contributed by atoms with E-state index in [0.29, 0.717) is 24.9 Å². The maximum atomic E-state index is 14.2. The molecule has 0 unspecified atom stereocenters. The summed E-state index contributed by atoms with van der Waals surface area (Å²) < 4.78 is 6.18. The number of aryl methyl sites for hydroxylation is 2. The van der Waals surface area contributed by atoms with Gasteiger partial charge in [-0.05, 0) is 111 Å². The van der Waals surface area contributed by atoms with Gasteiger partial charge in [0.2, 0.25) is 11.8 Å². The van der Waals surface area contributed by atoms with Crippen LogP contribution in [0.15, 0.2) is 59.2 Å². The maximum absolute atomic E-state index is 14.2. The Hall–Kier alpha value is -3.20. The van der Waals surface area contributed by atoms with Gasteiger partial charge in [-0.1, -0.05) is 54.5 Å². The molecule has 2 aromatic rings. The Morgan fingerprint density at radius 2 is 1.73 bits per heavy atom. The van der Waals surface area contributed by atoms with Crippen molar-refractivity contribution >= 4 is 25.0 Å². The van der Waals surface area contributed by atoms with Gasteiger partial charge in [0.05, 0.1) is 17.9 Å². The molecule has 4 atom stereocenters. The van der Waals surface area contributed by atoms with Crippen LogP contribution >= 0.6 is 0 Å². The summed E-state index contributed by atoms with van der Waals surface area (Å²) in [7, 11) is -0.953. The van der Waals surface area contributed by atoms with Crippen LogP contribution < -0.4 is 0 Å². The highest BCUT2D eigenvalue weighted by Crippen LogP contribution is 2.52. The van der Waals surface area contributed by atoms with E-state index < -0.39 is 13.0 Å². The van der Waals surface area contributed by atoms with Crippen LogP contribution in [-0.4, -0.2) is 64.1 Å². The summed E-state index contributed by atoms with van der Waals surface area (Å²) in [6, 6.07) is 14.4. The number of benzene rings is 2. The lowest BCUT2D eigenvalue weighted by Gasteiger charge is -2.43. The number of imide groups is 1. The Morgan fingerprint density at radius 1 is 1.04 bits per heavy atom. The highest BCUT2D eigenvalue weighted by Gasteiger charge is 2.58. The summed E-state index contributed by atoms with van der Waals surface area (Å²) >= 11 is 0. The van der Waals surface area contributed by atoms with E-state index in [1.807, 2.05) is 32.0 Å². The molecule has 8 heteroatoms. The molecule has 2 N–H and O–H groups in total. The second-order valence-corrected chi connectivity index (χ2v) is 13.7. The number of likely N-dealkylation sites (tertiary alicyclic amines) is 2. The van der Waals surface area contributed by atoms with Crippen molar-refractivity contribution in [2.45, 2.75) is 91.2 Å². The SMILES string of the molecule is CCC1=C2[C@@H](CC/C(C)=C/c3cc(C)c(O)c(C)c3)OB(O)C[C@@H]2[C@@H]2C(=O)N(C3CCN(Cc4ccccc4)CC3)C(=O)[C@@H]2C1. The zero-order chi connectivity index (χ0) is 31.8. The number of hydrogen-bond donors (Lipinski definition) is 2. The molecule has 1 aliphatic carbocycles. The first-order valence-electron chi connectivity index (χ1n) is 16.8. The van der Waals surface area contributed by atoms with Gasteiger partial charge in [0, 0.05) is 25.7 Å². The summed E-state index contributed by atoms with van der Waals surface area (Å²) in [5, 5.41) is 21.1. The molecule has 6 rings (SSSR count). The van der Waals surface area contributed by atoms with Crippen LogP contribution in [0.25, 0.3) is 6.08 Å². The number of piperidine rings is 1. The van der Waals surface area contributed by atoms with E-state index in [0.717, 1.165) is 67.6 Å². The fourth-order valence-corrected chi connectivity index (χ4v) is 8.45. The summed E-state index contributed by atoms with van der Waals surface area (Å²) in [6.45, 7) is 10.7. The van der Waals surface area contributed by atoms with Crippen molar-refractivity contribution in [1.29, 1.82) is 0 Å². The normalized spacial score (nSPS) is 26.5. The largest absolute Gasteiger partial charge is 0.507 e. The molecule has 7 nitrogen and oxygen atoms in total. The van der Waals surface area contributed by atoms with Gasteiger partial charge in [0.1, 0.15) is 5.75 Å². The standard InChI is InChI=1S/C37H47BN2O5/c1-5-28-20-30-34(37(43)40(36(30)42)29-13-15-39(16-14-29)22-26-9-7-6-8-10-26)31-21-38(44)45-32(33(28)31)12-11-23(2)17-27-18-24(3)35(41)25(4)19-27/h6-10,17-19,29-32,34,41,44H,5,11-16,20-22H2,1-4H3/b23-17+/t30-,31+,32-,34-/m1/s1. The fraction of sp³-hybridized carbons (Fsp3) is 0.514. The third-order valence-corrected chi connectivity index (χ3v) is 10.7. The quantitative estimate of drug-likeness (QED) is 0.215. The Balaban J connectivity index is 1.16. The van der Waals surface area contributed by atoms with E-state index >= 15 is 0 Å². The highest BCUT2D eigenvalue weighted by atomic mass is 16.5. The molecule has 238 valence electrons. The first-order valence-corrected chi connectivity index (χ1v) is 16.8. The molecule has 45 heavy (non-hydrogen) atoms. The highest BCUT2D eigenvalue weighted by molar-refractivity contribution is 6.43. The monoisotopic (exact) mass is 610 g/mol. The topological polar surface area (TPSA) is 90.3 Å². The van der Waals surface area contributed by atoms with Gasteiger partial charge in [0.25, 0.3) is 0 Å². The minimum absolute atomic E-state index is 0.00713. The van der Waals surface area contributed by atoms with Gasteiger partial charge < -0.3 is 14.8 Å². The summed E-state index contributed by atoms with van der Waals surface area (Å²) in [5.74, 6) is -0.623. The van der Waals surface area contributed by atoms with Gasteiger partial charge in [-0.3, -0.25) is 19.4 Å². The minimum Gasteiger partial charge on any atom is -0.507 e. The molecule has 3 fully saturated rings. The van der Waals surface area contributed by atoms with E-state index in [1.54, 1.807) is 4.90 Å². The Bertz CT molecular complexity index is 1470. The smallest absolute Gasteiger partial charge is 0.455 e. The van der Waals surface area contributed by atoms with Crippen LogP contribution in [0.3, 0.4) is 0 Å². The minimum atomic E-state index is -0.953. The predicted octanol–water partition coefficient (Wildman–Crippen LogP) is 6.06. The van der Waals surface area contributed by atoms with Crippen molar-refractivity contribution in [3.8, 4) is 5.75 Å². The molecule has 3 saturated heterocycles. The van der Waals surface area contributed by atoms with Gasteiger partial charge >= 0.3 is 7.12 Å². The zero-order valence-electron chi connectivity index (χ0n) is 27.2. The third-order valence-electron chi connectivity index (χ3n) is 10.7. The molecule has 0 bridgehead atoms. The predicted molar refractivity (Wildman–Crippen MR) is 177 cm³/mol. The number of phenolic OH excluding ortho intramolecular Hbond substituents is 1. The van der Waals surface area contributed by atoms with Gasteiger partial charge in [-0.2, -0.15) is 0 Å². The molecule has 3 aliphatic heterocycles. The number of carbonyl (C=O) groups excluding carboxylic acids is 2. The number of allylic oxidation sites excluding steroid dienone is 2. The van der Waals surface area contributed by atoms with Crippen molar-refractivity contribution in [1.82, 2.24) is 9.80 Å². The number of fused-ring (bicyclic) bond motifs is 3. The molecule has 3 heterocycles. The molecule has 2 amide bonds. The lowest BCUT2D eigenvalue weighted by molar-refractivity contribution is -0.144. The van der Waals surface area contributed by atoms with Crippen LogP contribution in [0.1, 0.15) is 74.6 Å². The molecule has 4 aliphatic rings. The molecule has 2 aromatic carbocycles. The number of nitrogens with zero attached hydrogens (tertiary/aromatic N) is 2. The van der Waals surface area contributed by atoms with Crippen LogP contribution in [0.2, 0.25) is 6.32 Å². The van der Waals surface area contributed by atoms with Crippen molar-refractivity contribution in [2.24, 2.45) is 17.8 Å². The Morgan fingerprint density at radius 3 is 2.40 bits per heavy atom. The molecule has 0 aromatic heterocycles. The van der Waals surface area contributed by atoms with E-state index in [4.69, 9.17) is 4.65 Å². The summed E-state index contributed by atoms with van der Waals surface area (Å²) in [5.41, 5.74) is 7.62. The van der Waals surface area contributed by atoms with Gasteiger partial charge in [-0.25, -0.2) is 0 Å². The van der Waals surface area contributed by atoms with E-state index in [9.17, 15) is 19.7 Å². The first-order chi connectivity index (χ1) is 21.6. The zero-order valence-corrected chi connectivity index (χ0v) is 27.2. The summed E-state index contributed by atoms with van der Waals surface area (Å²) in [4.78, 5) is 32.1. The second-order valence-electron chi connectivity index (χ2n) is 13.7. The van der Waals surface area contributed by atoms with Crippen LogP contribution in [-0.2, 0) is 20.8 Å². The van der Waals surface area contributed by atoms with Crippen molar-refractivity contribution in [3.63, 3.8) is 0 Å². The summed E-state index contributed by atoms with van der Waals surface area (Å²) in [6.07, 6.45) is 6.73. The van der Waals surface area contributed by atoms with E-state index in [2.05, 4.69) is 49.1 Å². The van der Waals surface area contributed by atoms with Gasteiger partial charge in [0.15, 0.2) is 0 Å².